The van der Waals surface area contributed by atoms with Crippen LogP contribution in [0.5, 0.6) is 0 Å². The molecule has 4 nitrogen and oxygen atoms in total. The summed E-state index contributed by atoms with van der Waals surface area (Å²) in [6, 6.07) is 1.91. The molecule has 0 fully saturated rings. The fourth-order valence-electron chi connectivity index (χ4n) is 1.34. The largest absolute Gasteiger partial charge is 0.353 e. The second-order valence-corrected chi connectivity index (χ2v) is 7.06. The molecule has 16 heavy (non-hydrogen) atoms. The van der Waals surface area contributed by atoms with Crippen molar-refractivity contribution in [3.63, 3.8) is 0 Å². The molecule has 1 heterocycles. The highest BCUT2D eigenvalue weighted by molar-refractivity contribution is 7.91. The van der Waals surface area contributed by atoms with E-state index in [-0.39, 0.29) is 17.0 Å². The van der Waals surface area contributed by atoms with Crippen molar-refractivity contribution in [3.8, 4) is 0 Å². The SMILES string of the molecule is CC(N)c1ccn(CCS(=O)(=O)C(C)C)c1. The lowest BCUT2D eigenvalue weighted by Gasteiger charge is -2.08. The summed E-state index contributed by atoms with van der Waals surface area (Å²) in [6.07, 6.45) is 3.77. The van der Waals surface area contributed by atoms with Gasteiger partial charge >= 0.3 is 0 Å². The van der Waals surface area contributed by atoms with Crippen molar-refractivity contribution in [1.82, 2.24) is 4.57 Å². The lowest BCUT2D eigenvalue weighted by atomic mass is 10.2. The average molecular weight is 244 g/mol. The number of hydrogen-bond donors (Lipinski definition) is 1. The van der Waals surface area contributed by atoms with E-state index in [0.29, 0.717) is 6.54 Å². The van der Waals surface area contributed by atoms with E-state index in [2.05, 4.69) is 0 Å². The first-order valence-corrected chi connectivity index (χ1v) is 7.17. The van der Waals surface area contributed by atoms with Crippen LogP contribution >= 0.6 is 0 Å². The van der Waals surface area contributed by atoms with Crippen molar-refractivity contribution in [3.05, 3.63) is 24.0 Å². The van der Waals surface area contributed by atoms with Crippen LogP contribution in [0.2, 0.25) is 0 Å². The summed E-state index contributed by atoms with van der Waals surface area (Å²) >= 11 is 0. The first kappa shape index (κ1) is 13.3. The smallest absolute Gasteiger partial charge is 0.154 e. The number of nitrogens with zero attached hydrogens (tertiary/aromatic N) is 1. The van der Waals surface area contributed by atoms with Crippen molar-refractivity contribution < 1.29 is 8.42 Å². The molecule has 92 valence electrons. The van der Waals surface area contributed by atoms with Crippen LogP contribution in [0.15, 0.2) is 18.5 Å². The summed E-state index contributed by atoms with van der Waals surface area (Å²) in [7, 11) is -2.96. The lowest BCUT2D eigenvalue weighted by molar-refractivity contribution is 0.580. The molecule has 1 aromatic heterocycles. The number of nitrogens with two attached hydrogens (primary N) is 1. The van der Waals surface area contributed by atoms with Crippen LogP contribution in [0.1, 0.15) is 32.4 Å². The van der Waals surface area contributed by atoms with Crippen LogP contribution in [0.3, 0.4) is 0 Å². The number of hydrogen-bond acceptors (Lipinski definition) is 3. The Morgan fingerprint density at radius 2 is 2.00 bits per heavy atom. The molecular weight excluding hydrogens is 224 g/mol. The van der Waals surface area contributed by atoms with E-state index in [1.165, 1.54) is 0 Å². The van der Waals surface area contributed by atoms with Crippen LogP contribution in [0, 0.1) is 0 Å². The van der Waals surface area contributed by atoms with Crippen LogP contribution in [0.25, 0.3) is 0 Å². The van der Waals surface area contributed by atoms with Crippen molar-refractivity contribution in [2.24, 2.45) is 5.73 Å². The van der Waals surface area contributed by atoms with Gasteiger partial charge in [0.25, 0.3) is 0 Å². The molecule has 0 saturated carbocycles. The van der Waals surface area contributed by atoms with Crippen LogP contribution in [-0.4, -0.2) is 24.0 Å². The Kier molecular flexibility index (Phi) is 4.15. The molecule has 0 radical (unpaired) electrons. The summed E-state index contributed by atoms with van der Waals surface area (Å²) < 4.78 is 25.1. The molecule has 0 bridgehead atoms. The van der Waals surface area contributed by atoms with Gasteiger partial charge in [-0.1, -0.05) is 0 Å². The highest BCUT2D eigenvalue weighted by atomic mass is 32.2. The van der Waals surface area contributed by atoms with E-state index in [0.717, 1.165) is 5.56 Å². The van der Waals surface area contributed by atoms with Crippen LogP contribution < -0.4 is 5.73 Å². The van der Waals surface area contributed by atoms with E-state index >= 15 is 0 Å². The van der Waals surface area contributed by atoms with Gasteiger partial charge in [-0.25, -0.2) is 8.42 Å². The molecule has 1 rings (SSSR count). The van der Waals surface area contributed by atoms with Gasteiger partial charge in [-0.2, -0.15) is 0 Å². The minimum absolute atomic E-state index is 0.0112. The predicted octanol–water partition coefficient (Wildman–Crippen LogP) is 1.33. The molecule has 0 aromatic carbocycles. The number of aryl methyl sites for hydroxylation is 1. The first-order valence-electron chi connectivity index (χ1n) is 5.46. The van der Waals surface area contributed by atoms with Gasteiger partial charge in [0.1, 0.15) is 0 Å². The van der Waals surface area contributed by atoms with E-state index in [9.17, 15) is 8.42 Å². The van der Waals surface area contributed by atoms with Crippen molar-refractivity contribution in [2.45, 2.75) is 38.6 Å². The fourth-order valence-corrected chi connectivity index (χ4v) is 2.27. The fraction of sp³-hybridized carbons (Fsp3) is 0.636. The van der Waals surface area contributed by atoms with Gasteiger partial charge < -0.3 is 10.3 Å². The van der Waals surface area contributed by atoms with E-state index in [1.807, 2.05) is 30.0 Å². The minimum Gasteiger partial charge on any atom is -0.353 e. The molecule has 5 heteroatoms. The Balaban J connectivity index is 2.62. The van der Waals surface area contributed by atoms with E-state index in [4.69, 9.17) is 5.73 Å². The molecule has 1 atom stereocenters. The Bertz CT molecular complexity index is 433. The number of rotatable bonds is 5. The molecule has 0 aliphatic carbocycles. The maximum absolute atomic E-state index is 11.6. The number of aromatic nitrogens is 1. The van der Waals surface area contributed by atoms with E-state index < -0.39 is 9.84 Å². The van der Waals surface area contributed by atoms with Crippen molar-refractivity contribution in [1.29, 1.82) is 0 Å². The molecule has 0 saturated heterocycles. The van der Waals surface area contributed by atoms with Crippen LogP contribution in [-0.2, 0) is 16.4 Å². The Morgan fingerprint density at radius 3 is 2.44 bits per heavy atom. The molecule has 1 aromatic rings. The normalized spacial score (nSPS) is 14.3. The molecule has 0 aliphatic heterocycles. The quantitative estimate of drug-likeness (QED) is 0.850. The monoisotopic (exact) mass is 244 g/mol. The molecule has 0 spiro atoms. The summed E-state index contributed by atoms with van der Waals surface area (Å²) in [6.45, 7) is 5.81. The van der Waals surface area contributed by atoms with Gasteiger partial charge in [0.2, 0.25) is 0 Å². The zero-order valence-electron chi connectivity index (χ0n) is 10.1. The topological polar surface area (TPSA) is 65.1 Å². The molecule has 1 unspecified atom stereocenters. The van der Waals surface area contributed by atoms with Gasteiger partial charge in [0.05, 0.1) is 11.0 Å². The predicted molar refractivity (Wildman–Crippen MR) is 66.0 cm³/mol. The minimum atomic E-state index is -2.96. The zero-order valence-corrected chi connectivity index (χ0v) is 10.9. The van der Waals surface area contributed by atoms with Crippen molar-refractivity contribution in [2.75, 3.05) is 5.75 Å². The lowest BCUT2D eigenvalue weighted by Crippen LogP contribution is -2.20. The maximum atomic E-state index is 11.6. The average Bonchev–Trinajstić information content (AvgIpc) is 2.63. The Labute approximate surface area is 97.4 Å². The number of sulfone groups is 1. The summed E-state index contributed by atoms with van der Waals surface area (Å²) in [5.41, 5.74) is 6.76. The van der Waals surface area contributed by atoms with Crippen molar-refractivity contribution >= 4 is 9.84 Å². The summed E-state index contributed by atoms with van der Waals surface area (Å²) in [5.74, 6) is 0.178. The first-order chi connectivity index (χ1) is 7.33. The highest BCUT2D eigenvalue weighted by Crippen LogP contribution is 2.10. The molecule has 0 amide bonds. The Hall–Kier alpha value is -0.810. The highest BCUT2D eigenvalue weighted by Gasteiger charge is 2.15. The third-order valence-electron chi connectivity index (χ3n) is 2.65. The molecule has 2 N–H and O–H groups in total. The molecular formula is C11H20N2O2S. The standard InChI is InChI=1S/C11H20N2O2S/c1-9(2)16(14,15)7-6-13-5-4-11(8-13)10(3)12/h4-5,8-10H,6-7,12H2,1-3H3. The Morgan fingerprint density at radius 1 is 1.38 bits per heavy atom. The third kappa shape index (κ3) is 3.35. The second-order valence-electron chi connectivity index (χ2n) is 4.39. The summed E-state index contributed by atoms with van der Waals surface area (Å²) in [4.78, 5) is 0. The zero-order chi connectivity index (χ0) is 12.3. The van der Waals surface area contributed by atoms with Gasteiger partial charge in [0.15, 0.2) is 9.84 Å². The van der Waals surface area contributed by atoms with Gasteiger partial charge in [-0.3, -0.25) is 0 Å². The van der Waals surface area contributed by atoms with Gasteiger partial charge in [0, 0.05) is 25.0 Å². The van der Waals surface area contributed by atoms with E-state index in [1.54, 1.807) is 13.8 Å². The molecule has 0 aliphatic rings. The second kappa shape index (κ2) is 5.01. The third-order valence-corrected chi connectivity index (χ3v) is 4.84. The van der Waals surface area contributed by atoms with Gasteiger partial charge in [-0.05, 0) is 32.4 Å². The maximum Gasteiger partial charge on any atom is 0.154 e. The van der Waals surface area contributed by atoms with Crippen LogP contribution in [0.4, 0.5) is 0 Å². The van der Waals surface area contributed by atoms with Gasteiger partial charge in [-0.15, -0.1) is 0 Å². The summed E-state index contributed by atoms with van der Waals surface area (Å²) in [5, 5.41) is -0.309.